The van der Waals surface area contributed by atoms with Crippen molar-refractivity contribution in [2.75, 3.05) is 18.5 Å². The maximum atomic E-state index is 6.41. The Bertz CT molecular complexity index is 1090. The van der Waals surface area contributed by atoms with Crippen LogP contribution >= 0.6 is 11.6 Å². The molecule has 2 aromatic carbocycles. The molecule has 0 atom stereocenters. The Hall–Kier alpha value is -2.66. The fraction of sp³-hybridized carbons (Fsp3) is 0.211. The number of hydrogen-bond acceptors (Lipinski definition) is 4. The van der Waals surface area contributed by atoms with Crippen molar-refractivity contribution < 1.29 is 0 Å². The van der Waals surface area contributed by atoms with Crippen LogP contribution in [0.15, 0.2) is 42.5 Å². The van der Waals surface area contributed by atoms with Crippen LogP contribution in [0, 0.1) is 6.92 Å². The quantitative estimate of drug-likeness (QED) is 0.550. The molecule has 5 nitrogen and oxygen atoms in total. The van der Waals surface area contributed by atoms with Crippen LogP contribution in [0.5, 0.6) is 0 Å². The highest BCUT2D eigenvalue weighted by molar-refractivity contribution is 6.33. The van der Waals surface area contributed by atoms with Gasteiger partial charge in [-0.3, -0.25) is 0 Å². The van der Waals surface area contributed by atoms with E-state index in [0.717, 1.165) is 40.2 Å². The Labute approximate surface area is 150 Å². The first-order chi connectivity index (χ1) is 12.1. The fourth-order valence-corrected chi connectivity index (χ4v) is 3.17. The largest absolute Gasteiger partial charge is 0.345 e. The van der Waals surface area contributed by atoms with Crippen molar-refractivity contribution >= 4 is 34.1 Å². The molecule has 0 radical (unpaired) electrons. The number of benzene rings is 2. The van der Waals surface area contributed by atoms with Gasteiger partial charge in [0.15, 0.2) is 11.5 Å². The average Bonchev–Trinajstić information content (AvgIpc) is 3.06. The Kier molecular flexibility index (Phi) is 3.81. The summed E-state index contributed by atoms with van der Waals surface area (Å²) in [7, 11) is 2.01. The second-order valence-corrected chi connectivity index (χ2v) is 6.52. The molecule has 0 fully saturated rings. The van der Waals surface area contributed by atoms with E-state index in [2.05, 4.69) is 41.1 Å². The van der Waals surface area contributed by atoms with E-state index in [1.807, 2.05) is 41.8 Å². The maximum Gasteiger partial charge on any atom is 0.213 e. The molecule has 2 aromatic heterocycles. The predicted octanol–water partition coefficient (Wildman–Crippen LogP) is 4.36. The number of hydrogen-bond donors (Lipinski definition) is 0. The third kappa shape index (κ3) is 2.51. The molecular formula is C19H18ClN5. The third-order valence-electron chi connectivity index (χ3n) is 4.41. The summed E-state index contributed by atoms with van der Waals surface area (Å²) in [5.74, 6) is 1.50. The highest BCUT2D eigenvalue weighted by atomic mass is 35.5. The van der Waals surface area contributed by atoms with Crippen molar-refractivity contribution in [2.45, 2.75) is 13.8 Å². The standard InChI is InChI=1S/C19H18ClN5/c1-4-24(3)19-21-16-10-9-12(2)11-14(16)18-23-22-17(25(18)19)13-7-5-6-8-15(13)20/h5-11H,4H2,1-3H3. The molecule has 0 aliphatic rings. The van der Waals surface area contributed by atoms with Gasteiger partial charge in [0.05, 0.1) is 10.5 Å². The molecule has 0 N–H and O–H groups in total. The van der Waals surface area contributed by atoms with Gasteiger partial charge in [0.1, 0.15) is 0 Å². The zero-order valence-corrected chi connectivity index (χ0v) is 15.1. The van der Waals surface area contributed by atoms with Crippen LogP contribution in [-0.2, 0) is 0 Å². The van der Waals surface area contributed by atoms with E-state index >= 15 is 0 Å². The molecule has 0 aliphatic heterocycles. The lowest BCUT2D eigenvalue weighted by molar-refractivity contribution is 0.890. The monoisotopic (exact) mass is 351 g/mol. The van der Waals surface area contributed by atoms with Crippen LogP contribution in [0.1, 0.15) is 12.5 Å². The predicted molar refractivity (Wildman–Crippen MR) is 102 cm³/mol. The molecule has 25 heavy (non-hydrogen) atoms. The van der Waals surface area contributed by atoms with Crippen LogP contribution in [0.4, 0.5) is 5.95 Å². The van der Waals surface area contributed by atoms with Crippen molar-refractivity contribution in [3.05, 3.63) is 53.1 Å². The van der Waals surface area contributed by atoms with Crippen LogP contribution in [-0.4, -0.2) is 33.2 Å². The van der Waals surface area contributed by atoms with Gasteiger partial charge in [0.25, 0.3) is 0 Å². The minimum absolute atomic E-state index is 0.645. The molecule has 0 spiro atoms. The van der Waals surface area contributed by atoms with Crippen molar-refractivity contribution in [1.29, 1.82) is 0 Å². The molecule has 0 amide bonds. The Balaban J connectivity index is 2.14. The van der Waals surface area contributed by atoms with Crippen LogP contribution in [0.3, 0.4) is 0 Å². The van der Waals surface area contributed by atoms with Gasteiger partial charge in [-0.25, -0.2) is 9.38 Å². The SMILES string of the molecule is CCN(C)c1nc2ccc(C)cc2c2nnc(-c3ccccc3Cl)n12. The van der Waals surface area contributed by atoms with E-state index in [4.69, 9.17) is 16.6 Å². The van der Waals surface area contributed by atoms with Crippen LogP contribution in [0.2, 0.25) is 5.02 Å². The molecule has 0 unspecified atom stereocenters. The van der Waals surface area contributed by atoms with Gasteiger partial charge >= 0.3 is 0 Å². The van der Waals surface area contributed by atoms with E-state index in [9.17, 15) is 0 Å². The van der Waals surface area contributed by atoms with E-state index in [0.29, 0.717) is 10.8 Å². The zero-order valence-electron chi connectivity index (χ0n) is 14.4. The van der Waals surface area contributed by atoms with Crippen molar-refractivity contribution in [2.24, 2.45) is 0 Å². The number of aromatic nitrogens is 4. The summed E-state index contributed by atoms with van der Waals surface area (Å²) >= 11 is 6.41. The van der Waals surface area contributed by atoms with E-state index in [1.165, 1.54) is 0 Å². The lowest BCUT2D eigenvalue weighted by Gasteiger charge is -2.19. The van der Waals surface area contributed by atoms with Crippen molar-refractivity contribution in [3.63, 3.8) is 0 Å². The number of aryl methyl sites for hydroxylation is 1. The highest BCUT2D eigenvalue weighted by Gasteiger charge is 2.19. The molecular weight excluding hydrogens is 334 g/mol. The minimum Gasteiger partial charge on any atom is -0.345 e. The van der Waals surface area contributed by atoms with E-state index in [1.54, 1.807) is 0 Å². The van der Waals surface area contributed by atoms with E-state index < -0.39 is 0 Å². The summed E-state index contributed by atoms with van der Waals surface area (Å²) in [5.41, 5.74) is 3.71. The summed E-state index contributed by atoms with van der Waals surface area (Å²) in [5, 5.41) is 10.5. The Morgan fingerprint density at radius 1 is 1.12 bits per heavy atom. The molecule has 4 aromatic rings. The van der Waals surface area contributed by atoms with Crippen LogP contribution < -0.4 is 4.90 Å². The normalized spacial score (nSPS) is 11.4. The van der Waals surface area contributed by atoms with E-state index in [-0.39, 0.29) is 0 Å². The van der Waals surface area contributed by atoms with Gasteiger partial charge in [0.2, 0.25) is 5.95 Å². The molecule has 0 bridgehead atoms. The summed E-state index contributed by atoms with van der Waals surface area (Å²) in [6.07, 6.45) is 0. The second kappa shape index (κ2) is 6.01. The second-order valence-electron chi connectivity index (χ2n) is 6.11. The molecule has 0 aliphatic carbocycles. The lowest BCUT2D eigenvalue weighted by atomic mass is 10.1. The van der Waals surface area contributed by atoms with Crippen molar-refractivity contribution in [3.8, 4) is 11.4 Å². The molecule has 6 heteroatoms. The van der Waals surface area contributed by atoms with Gasteiger partial charge in [0, 0.05) is 24.5 Å². The topological polar surface area (TPSA) is 46.3 Å². The number of halogens is 1. The van der Waals surface area contributed by atoms with Gasteiger partial charge < -0.3 is 4.90 Å². The number of anilines is 1. The Morgan fingerprint density at radius 2 is 1.92 bits per heavy atom. The first-order valence-electron chi connectivity index (χ1n) is 8.21. The molecule has 4 rings (SSSR count). The average molecular weight is 352 g/mol. The first kappa shape index (κ1) is 15.8. The summed E-state index contributed by atoms with van der Waals surface area (Å²) in [6.45, 7) is 4.97. The highest BCUT2D eigenvalue weighted by Crippen LogP contribution is 2.31. The smallest absolute Gasteiger partial charge is 0.213 e. The van der Waals surface area contributed by atoms with Crippen LogP contribution in [0.25, 0.3) is 27.9 Å². The third-order valence-corrected chi connectivity index (χ3v) is 4.74. The first-order valence-corrected chi connectivity index (χ1v) is 8.59. The fourth-order valence-electron chi connectivity index (χ4n) is 2.95. The van der Waals surface area contributed by atoms with Gasteiger partial charge in [-0.15, -0.1) is 10.2 Å². The van der Waals surface area contributed by atoms with Gasteiger partial charge in [-0.05, 0) is 38.1 Å². The maximum absolute atomic E-state index is 6.41. The summed E-state index contributed by atoms with van der Waals surface area (Å²) in [6, 6.07) is 13.9. The molecule has 2 heterocycles. The Morgan fingerprint density at radius 3 is 2.68 bits per heavy atom. The molecule has 126 valence electrons. The number of fused-ring (bicyclic) bond motifs is 3. The number of nitrogens with zero attached hydrogens (tertiary/aromatic N) is 5. The summed E-state index contributed by atoms with van der Waals surface area (Å²) in [4.78, 5) is 6.95. The van der Waals surface area contributed by atoms with Gasteiger partial charge in [-0.1, -0.05) is 35.4 Å². The molecule has 0 saturated carbocycles. The molecule has 0 saturated heterocycles. The van der Waals surface area contributed by atoms with Crippen molar-refractivity contribution in [1.82, 2.24) is 19.6 Å². The zero-order chi connectivity index (χ0) is 17.6. The van der Waals surface area contributed by atoms with Gasteiger partial charge in [-0.2, -0.15) is 0 Å². The number of rotatable bonds is 3. The lowest BCUT2D eigenvalue weighted by Crippen LogP contribution is -2.21. The minimum atomic E-state index is 0.645. The summed E-state index contributed by atoms with van der Waals surface area (Å²) < 4.78 is 1.99.